The van der Waals surface area contributed by atoms with Crippen molar-refractivity contribution in [2.45, 2.75) is 39.8 Å². The van der Waals surface area contributed by atoms with Crippen LogP contribution in [0.5, 0.6) is 0 Å². The molecule has 0 unspecified atom stereocenters. The molecule has 0 fully saturated rings. The Morgan fingerprint density at radius 2 is 2.05 bits per heavy atom. The van der Waals surface area contributed by atoms with E-state index in [-0.39, 0.29) is 22.7 Å². The van der Waals surface area contributed by atoms with Crippen molar-refractivity contribution >= 4 is 29.3 Å². The van der Waals surface area contributed by atoms with E-state index >= 15 is 0 Å². The number of carbonyl (C=O) groups excluding carboxylic acids is 2. The van der Waals surface area contributed by atoms with Crippen LogP contribution in [0, 0.1) is 5.41 Å². The Morgan fingerprint density at radius 1 is 1.24 bits per heavy atom. The number of nitrogens with one attached hydrogen (secondary N) is 1. The van der Waals surface area contributed by atoms with Gasteiger partial charge in [-0.3, -0.25) is 19.2 Å². The maximum Gasteiger partial charge on any atom is 0.276 e. The van der Waals surface area contributed by atoms with Crippen LogP contribution in [-0.4, -0.2) is 57.8 Å². The number of anilines is 3. The number of carbonyl (C=O) groups is 2. The van der Waals surface area contributed by atoms with Gasteiger partial charge < -0.3 is 20.7 Å². The number of aliphatic hydroxyl groups is 1. The number of aromatic nitrogens is 7. The molecule has 0 aromatic carbocycles. The molecular formula is C25H28N10O3. The fourth-order valence-corrected chi connectivity index (χ4v) is 5.48. The highest BCUT2D eigenvalue weighted by molar-refractivity contribution is 6.06. The molecule has 13 nitrogen and oxygen atoms in total. The lowest BCUT2D eigenvalue weighted by atomic mass is 9.90. The lowest BCUT2D eigenvalue weighted by Gasteiger charge is -2.30. The van der Waals surface area contributed by atoms with Crippen LogP contribution < -0.4 is 16.0 Å². The van der Waals surface area contributed by atoms with Crippen LogP contribution in [-0.2, 0) is 33.0 Å². The lowest BCUT2D eigenvalue weighted by molar-refractivity contribution is 0.0961. The summed E-state index contributed by atoms with van der Waals surface area (Å²) in [6.45, 7) is 5.15. The van der Waals surface area contributed by atoms with E-state index in [4.69, 9.17) is 5.73 Å². The zero-order valence-corrected chi connectivity index (χ0v) is 21.3. The van der Waals surface area contributed by atoms with Crippen LogP contribution in [0.4, 0.5) is 17.5 Å². The van der Waals surface area contributed by atoms with Gasteiger partial charge in [-0.05, 0) is 36.0 Å². The molecule has 2 amide bonds. The molecule has 13 heteroatoms. The molecule has 1 aliphatic carbocycles. The van der Waals surface area contributed by atoms with Crippen molar-refractivity contribution in [2.75, 3.05) is 16.8 Å². The van der Waals surface area contributed by atoms with Crippen molar-refractivity contribution in [3.63, 3.8) is 0 Å². The van der Waals surface area contributed by atoms with Gasteiger partial charge in [0.15, 0.2) is 11.6 Å². The van der Waals surface area contributed by atoms with E-state index in [0.29, 0.717) is 41.7 Å². The van der Waals surface area contributed by atoms with Gasteiger partial charge in [0.2, 0.25) is 0 Å². The summed E-state index contributed by atoms with van der Waals surface area (Å²) in [7, 11) is 1.71. The minimum Gasteiger partial charge on any atom is -0.391 e. The van der Waals surface area contributed by atoms with Gasteiger partial charge in [-0.15, -0.1) is 10.2 Å². The monoisotopic (exact) mass is 516 g/mol. The summed E-state index contributed by atoms with van der Waals surface area (Å²) in [4.78, 5) is 31.9. The van der Waals surface area contributed by atoms with Crippen molar-refractivity contribution in [3.8, 4) is 5.69 Å². The molecule has 4 aromatic rings. The molecule has 196 valence electrons. The summed E-state index contributed by atoms with van der Waals surface area (Å²) in [5.74, 6) is 0.0686. The van der Waals surface area contributed by atoms with E-state index in [1.54, 1.807) is 30.4 Å². The molecule has 6 rings (SSSR count). The minimum atomic E-state index is -0.689. The van der Waals surface area contributed by atoms with Crippen LogP contribution in [0.25, 0.3) is 5.69 Å². The third-order valence-corrected chi connectivity index (χ3v) is 7.12. The highest BCUT2D eigenvalue weighted by Crippen LogP contribution is 2.39. The van der Waals surface area contributed by atoms with Crippen molar-refractivity contribution < 1.29 is 14.7 Å². The van der Waals surface area contributed by atoms with Crippen LogP contribution in [0.3, 0.4) is 0 Å². The number of rotatable bonds is 6. The Morgan fingerprint density at radius 3 is 2.76 bits per heavy atom. The Kier molecular flexibility index (Phi) is 5.35. The first kappa shape index (κ1) is 23.9. The van der Waals surface area contributed by atoms with Crippen molar-refractivity contribution in [1.82, 2.24) is 34.3 Å². The van der Waals surface area contributed by atoms with Crippen molar-refractivity contribution in [1.29, 1.82) is 0 Å². The molecule has 0 bridgehead atoms. The maximum absolute atomic E-state index is 13.6. The highest BCUT2D eigenvalue weighted by atomic mass is 16.3. The number of nitrogens with zero attached hydrogens (tertiary/aromatic N) is 8. The number of pyridine rings is 1. The van der Waals surface area contributed by atoms with E-state index in [0.717, 1.165) is 12.8 Å². The third-order valence-electron chi connectivity index (χ3n) is 7.12. The second kappa shape index (κ2) is 8.52. The van der Waals surface area contributed by atoms with Crippen molar-refractivity contribution in [3.05, 3.63) is 58.8 Å². The predicted octanol–water partition coefficient (Wildman–Crippen LogP) is 1.32. The molecular weight excluding hydrogens is 488 g/mol. The summed E-state index contributed by atoms with van der Waals surface area (Å²) in [5, 5.41) is 25.7. The van der Waals surface area contributed by atoms with E-state index < -0.39 is 12.5 Å². The number of primary amides is 1. The molecule has 2 aliphatic rings. The summed E-state index contributed by atoms with van der Waals surface area (Å²) in [6.07, 6.45) is 6.53. The number of hydrogen-bond donors (Lipinski definition) is 3. The second-order valence-corrected chi connectivity index (χ2v) is 10.5. The molecule has 4 N–H and O–H groups in total. The minimum absolute atomic E-state index is 0.127. The van der Waals surface area contributed by atoms with Gasteiger partial charge >= 0.3 is 0 Å². The van der Waals surface area contributed by atoms with E-state index in [1.807, 2.05) is 6.07 Å². The zero-order chi connectivity index (χ0) is 26.8. The first-order valence-corrected chi connectivity index (χ1v) is 12.3. The highest BCUT2D eigenvalue weighted by Gasteiger charge is 2.37. The number of fused-ring (bicyclic) bond motifs is 3. The molecule has 0 atom stereocenters. The number of hydrogen-bond acceptors (Lipinski definition) is 8. The van der Waals surface area contributed by atoms with Crippen molar-refractivity contribution in [2.24, 2.45) is 18.2 Å². The fourth-order valence-electron chi connectivity index (χ4n) is 5.48. The van der Waals surface area contributed by atoms with Gasteiger partial charge in [-0.25, -0.2) is 9.67 Å². The molecule has 0 saturated heterocycles. The lowest BCUT2D eigenvalue weighted by Crippen LogP contribution is -2.41. The molecule has 5 heterocycles. The number of aliphatic hydroxyl groups excluding tert-OH is 1. The van der Waals surface area contributed by atoms with Gasteiger partial charge in [0, 0.05) is 43.8 Å². The Hall–Kier alpha value is -4.52. The first-order chi connectivity index (χ1) is 18.1. The topological polar surface area (TPSA) is 162 Å². The Balaban J connectivity index is 1.36. The summed E-state index contributed by atoms with van der Waals surface area (Å²) in [5.41, 5.74) is 9.89. The van der Waals surface area contributed by atoms with Crippen LogP contribution in [0.2, 0.25) is 0 Å². The fraction of sp³-hybridized carbons (Fsp3) is 0.360. The predicted molar refractivity (Wildman–Crippen MR) is 137 cm³/mol. The van der Waals surface area contributed by atoms with Crippen LogP contribution in [0.15, 0.2) is 30.7 Å². The molecule has 38 heavy (non-hydrogen) atoms. The van der Waals surface area contributed by atoms with E-state index in [1.165, 1.54) is 26.8 Å². The second-order valence-electron chi connectivity index (χ2n) is 10.5. The van der Waals surface area contributed by atoms with Gasteiger partial charge in [-0.1, -0.05) is 19.1 Å². The normalized spacial score (nSPS) is 16.0. The SMILES string of the molecule is Cn1cc(Nc2nn(-c3ccnc(N4CCn5c(cc6c5CC(C)(C)C6)C4=O)c3CO)cc2C(N)=O)nn1. The molecule has 0 spiro atoms. The van der Waals surface area contributed by atoms with Gasteiger partial charge in [0.05, 0.1) is 18.5 Å². The summed E-state index contributed by atoms with van der Waals surface area (Å²) < 4.78 is 5.07. The van der Waals surface area contributed by atoms with Crippen LogP contribution >= 0.6 is 0 Å². The molecule has 1 aliphatic heterocycles. The molecule has 0 saturated carbocycles. The largest absolute Gasteiger partial charge is 0.391 e. The number of amides is 2. The van der Waals surface area contributed by atoms with Gasteiger partial charge in [-0.2, -0.15) is 0 Å². The third kappa shape index (κ3) is 3.82. The number of aryl methyl sites for hydroxylation is 1. The number of nitrogens with two attached hydrogens (primary N) is 1. The average Bonchev–Trinajstić information content (AvgIpc) is 3.62. The van der Waals surface area contributed by atoms with E-state index in [9.17, 15) is 14.7 Å². The summed E-state index contributed by atoms with van der Waals surface area (Å²) >= 11 is 0. The van der Waals surface area contributed by atoms with Gasteiger partial charge in [0.25, 0.3) is 11.8 Å². The average molecular weight is 517 g/mol. The zero-order valence-electron chi connectivity index (χ0n) is 21.3. The Bertz CT molecular complexity index is 1590. The van der Waals surface area contributed by atoms with Crippen LogP contribution in [0.1, 0.15) is 51.5 Å². The maximum atomic E-state index is 13.6. The standard InChI is InChI=1S/C25H28N10O3/c1-25(2)9-14-8-18-24(38)34(7-6-33(18)19(14)10-25)23-16(13-36)17(4-5-27-23)35-11-15(21(26)37)22(30-35)28-20-12-32(3)31-29-20/h4-5,8,11-12,36H,6-7,9-10,13H2,1-3H3,(H2,26,37)(H,28,30). The quantitative estimate of drug-likeness (QED) is 0.346. The van der Waals surface area contributed by atoms with Gasteiger partial charge in [0.1, 0.15) is 17.1 Å². The first-order valence-electron chi connectivity index (χ1n) is 12.3. The molecule has 0 radical (unpaired) electrons. The smallest absolute Gasteiger partial charge is 0.276 e. The Labute approximate surface area is 217 Å². The van der Waals surface area contributed by atoms with E-state index in [2.05, 4.69) is 44.1 Å². The summed E-state index contributed by atoms with van der Waals surface area (Å²) in [6, 6.07) is 3.66. The molecule has 4 aromatic heterocycles.